The number of nitrogens with one attached hydrogen (secondary N) is 1. The molecule has 0 aromatic carbocycles. The molecule has 1 saturated carbocycles. The average Bonchev–Trinajstić information content (AvgIpc) is 3.09. The summed E-state index contributed by atoms with van der Waals surface area (Å²) in [4.78, 5) is 25.7. The fourth-order valence-electron chi connectivity index (χ4n) is 3.01. The molecule has 1 aromatic rings. The van der Waals surface area contributed by atoms with E-state index in [0.29, 0.717) is 29.5 Å². The Morgan fingerprint density at radius 3 is 2.82 bits per heavy atom. The topological polar surface area (TPSA) is 81.4 Å². The second-order valence-electron chi connectivity index (χ2n) is 6.24. The lowest BCUT2D eigenvalue weighted by Crippen LogP contribution is -2.28. The van der Waals surface area contributed by atoms with Gasteiger partial charge in [0.15, 0.2) is 0 Å². The number of amides is 1. The highest BCUT2D eigenvalue weighted by molar-refractivity contribution is 7.17. The van der Waals surface area contributed by atoms with Gasteiger partial charge in [-0.15, -0.1) is 11.3 Å². The number of aryl methyl sites for hydroxylation is 1. The van der Waals surface area contributed by atoms with Crippen LogP contribution in [0.5, 0.6) is 0 Å². The molecule has 0 bridgehead atoms. The first kappa shape index (κ1) is 15.5. The Labute approximate surface area is 134 Å². The van der Waals surface area contributed by atoms with Gasteiger partial charge in [0, 0.05) is 16.8 Å². The lowest BCUT2D eigenvalue weighted by atomic mass is 9.92. The van der Waals surface area contributed by atoms with E-state index in [1.807, 2.05) is 0 Å². The number of rotatable bonds is 4. The van der Waals surface area contributed by atoms with Crippen molar-refractivity contribution in [2.75, 3.05) is 11.9 Å². The number of nitrogens with two attached hydrogens (primary N) is 1. The summed E-state index contributed by atoms with van der Waals surface area (Å²) < 4.78 is 5.18. The molecule has 1 amide bonds. The third kappa shape index (κ3) is 2.90. The van der Waals surface area contributed by atoms with Gasteiger partial charge in [0.05, 0.1) is 12.2 Å². The lowest BCUT2D eigenvalue weighted by Gasteiger charge is -2.18. The molecule has 3 rings (SSSR count). The molecule has 1 aromatic heterocycles. The van der Waals surface area contributed by atoms with Crippen LogP contribution in [0.3, 0.4) is 0 Å². The van der Waals surface area contributed by atoms with E-state index in [-0.39, 0.29) is 23.8 Å². The standard InChI is InChI=1S/C16H22N2O3S/c1-3-21-16(20)13-11-7-9(17)4-5-12(11)22-15(13)18-14(19)10-6-8(10)2/h8-10H,3-7,17H2,1-2H3,(H,18,19)/t8-,9-,10-/m0/s1. The van der Waals surface area contributed by atoms with E-state index < -0.39 is 0 Å². The number of esters is 1. The highest BCUT2D eigenvalue weighted by Gasteiger charge is 2.40. The van der Waals surface area contributed by atoms with Crippen LogP contribution in [0.1, 0.15) is 47.5 Å². The molecular formula is C16H22N2O3S. The summed E-state index contributed by atoms with van der Waals surface area (Å²) in [5.74, 6) is 0.180. The molecule has 3 N–H and O–H groups in total. The first-order valence-electron chi connectivity index (χ1n) is 7.89. The van der Waals surface area contributed by atoms with E-state index in [2.05, 4.69) is 12.2 Å². The number of hydrogen-bond acceptors (Lipinski definition) is 5. The predicted molar refractivity (Wildman–Crippen MR) is 86.2 cm³/mol. The lowest BCUT2D eigenvalue weighted by molar-refractivity contribution is -0.117. The van der Waals surface area contributed by atoms with Crippen LogP contribution in [0, 0.1) is 11.8 Å². The van der Waals surface area contributed by atoms with Crippen LogP contribution in [-0.4, -0.2) is 24.5 Å². The van der Waals surface area contributed by atoms with Crippen LogP contribution in [0.2, 0.25) is 0 Å². The minimum atomic E-state index is -0.353. The fraction of sp³-hybridized carbons (Fsp3) is 0.625. The molecule has 6 heteroatoms. The number of ether oxygens (including phenoxy) is 1. The van der Waals surface area contributed by atoms with Gasteiger partial charge in [-0.3, -0.25) is 4.79 Å². The Kier molecular flexibility index (Phi) is 4.23. The average molecular weight is 322 g/mol. The fourth-order valence-corrected chi connectivity index (χ4v) is 4.25. The Hall–Kier alpha value is -1.40. The zero-order valence-electron chi connectivity index (χ0n) is 13.0. The number of carbonyl (C=O) groups is 2. The van der Waals surface area contributed by atoms with Crippen LogP contribution in [0.4, 0.5) is 5.00 Å². The molecule has 0 spiro atoms. The van der Waals surface area contributed by atoms with Gasteiger partial charge in [-0.05, 0) is 44.1 Å². The van der Waals surface area contributed by atoms with Crippen molar-refractivity contribution in [1.29, 1.82) is 0 Å². The first-order valence-corrected chi connectivity index (χ1v) is 8.71. The van der Waals surface area contributed by atoms with Crippen molar-refractivity contribution in [2.24, 2.45) is 17.6 Å². The summed E-state index contributed by atoms with van der Waals surface area (Å²) >= 11 is 1.50. The first-order chi connectivity index (χ1) is 10.5. The van der Waals surface area contributed by atoms with Gasteiger partial charge >= 0.3 is 5.97 Å². The largest absolute Gasteiger partial charge is 0.462 e. The van der Waals surface area contributed by atoms with Crippen LogP contribution in [-0.2, 0) is 22.4 Å². The highest BCUT2D eigenvalue weighted by Crippen LogP contribution is 2.42. The molecule has 1 fully saturated rings. The molecule has 120 valence electrons. The van der Waals surface area contributed by atoms with Crippen molar-refractivity contribution < 1.29 is 14.3 Å². The maximum absolute atomic E-state index is 12.3. The normalized spacial score (nSPS) is 26.2. The second-order valence-corrected chi connectivity index (χ2v) is 7.35. The molecule has 22 heavy (non-hydrogen) atoms. The van der Waals surface area contributed by atoms with Crippen LogP contribution in [0.15, 0.2) is 0 Å². The van der Waals surface area contributed by atoms with Crippen LogP contribution >= 0.6 is 11.3 Å². The van der Waals surface area contributed by atoms with Gasteiger partial charge in [0.1, 0.15) is 5.00 Å². The monoisotopic (exact) mass is 322 g/mol. The van der Waals surface area contributed by atoms with E-state index in [0.717, 1.165) is 29.7 Å². The van der Waals surface area contributed by atoms with E-state index in [9.17, 15) is 9.59 Å². The van der Waals surface area contributed by atoms with Gasteiger partial charge in [-0.2, -0.15) is 0 Å². The van der Waals surface area contributed by atoms with Gasteiger partial charge in [-0.1, -0.05) is 6.92 Å². The molecule has 0 saturated heterocycles. The number of thiophene rings is 1. The maximum atomic E-state index is 12.3. The van der Waals surface area contributed by atoms with Crippen molar-refractivity contribution in [2.45, 2.75) is 45.6 Å². The smallest absolute Gasteiger partial charge is 0.341 e. The minimum absolute atomic E-state index is 0.0148. The molecule has 5 nitrogen and oxygen atoms in total. The summed E-state index contributed by atoms with van der Waals surface area (Å²) in [6.45, 7) is 4.17. The SMILES string of the molecule is CCOC(=O)c1c(NC(=O)[C@H]2C[C@@H]2C)sc2c1C[C@@H](N)CC2. The molecule has 3 atom stereocenters. The summed E-state index contributed by atoms with van der Waals surface area (Å²) in [5, 5.41) is 3.59. The van der Waals surface area contributed by atoms with Crippen molar-refractivity contribution in [3.63, 3.8) is 0 Å². The molecule has 0 radical (unpaired) electrons. The Bertz CT molecular complexity index is 611. The van der Waals surface area contributed by atoms with Gasteiger partial charge in [0.25, 0.3) is 0 Å². The van der Waals surface area contributed by atoms with Crippen LogP contribution < -0.4 is 11.1 Å². The van der Waals surface area contributed by atoms with E-state index in [1.165, 1.54) is 11.3 Å². The van der Waals surface area contributed by atoms with Crippen molar-refractivity contribution in [3.05, 3.63) is 16.0 Å². The highest BCUT2D eigenvalue weighted by atomic mass is 32.1. The van der Waals surface area contributed by atoms with Crippen molar-refractivity contribution in [3.8, 4) is 0 Å². The molecule has 2 aliphatic rings. The van der Waals surface area contributed by atoms with Crippen molar-refractivity contribution in [1.82, 2.24) is 0 Å². The van der Waals surface area contributed by atoms with Gasteiger partial charge < -0.3 is 15.8 Å². The molecule has 0 aliphatic heterocycles. The summed E-state index contributed by atoms with van der Waals surface area (Å²) in [6.07, 6.45) is 3.39. The summed E-state index contributed by atoms with van der Waals surface area (Å²) in [5.41, 5.74) is 7.54. The van der Waals surface area contributed by atoms with Gasteiger partial charge in [0.2, 0.25) is 5.91 Å². The summed E-state index contributed by atoms with van der Waals surface area (Å²) in [7, 11) is 0. The van der Waals surface area contributed by atoms with E-state index in [4.69, 9.17) is 10.5 Å². The zero-order valence-corrected chi connectivity index (χ0v) is 13.8. The minimum Gasteiger partial charge on any atom is -0.462 e. The van der Waals surface area contributed by atoms with E-state index >= 15 is 0 Å². The Morgan fingerprint density at radius 1 is 1.45 bits per heavy atom. The third-order valence-corrected chi connectivity index (χ3v) is 5.67. The Morgan fingerprint density at radius 2 is 2.18 bits per heavy atom. The maximum Gasteiger partial charge on any atom is 0.341 e. The number of fused-ring (bicyclic) bond motifs is 1. The van der Waals surface area contributed by atoms with Gasteiger partial charge in [-0.25, -0.2) is 4.79 Å². The third-order valence-electron chi connectivity index (χ3n) is 4.46. The molecule has 1 heterocycles. The number of carbonyl (C=O) groups excluding carboxylic acids is 2. The predicted octanol–water partition coefficient (Wildman–Crippen LogP) is 2.34. The Balaban J connectivity index is 1.90. The van der Waals surface area contributed by atoms with Crippen molar-refractivity contribution >= 4 is 28.2 Å². The quantitative estimate of drug-likeness (QED) is 0.834. The second kappa shape index (κ2) is 6.01. The molecular weight excluding hydrogens is 300 g/mol. The summed E-state index contributed by atoms with van der Waals surface area (Å²) in [6, 6.07) is 0.0716. The number of hydrogen-bond donors (Lipinski definition) is 2. The number of anilines is 1. The molecule has 2 aliphatic carbocycles. The van der Waals surface area contributed by atoms with Crippen LogP contribution in [0.25, 0.3) is 0 Å². The molecule has 0 unspecified atom stereocenters. The van der Waals surface area contributed by atoms with E-state index in [1.54, 1.807) is 6.92 Å². The zero-order chi connectivity index (χ0) is 15.9.